The van der Waals surface area contributed by atoms with E-state index in [0.29, 0.717) is 35.2 Å². The van der Waals surface area contributed by atoms with E-state index in [1.54, 1.807) is 25.3 Å². The highest BCUT2D eigenvalue weighted by molar-refractivity contribution is 6.04. The van der Waals surface area contributed by atoms with Gasteiger partial charge in [0, 0.05) is 35.2 Å². The fourth-order valence-corrected chi connectivity index (χ4v) is 4.90. The molecule has 2 aromatic carbocycles. The van der Waals surface area contributed by atoms with Crippen molar-refractivity contribution >= 4 is 11.8 Å². The number of nitrogens with one attached hydrogen (secondary N) is 1. The van der Waals surface area contributed by atoms with E-state index in [9.17, 15) is 14.7 Å². The number of carbonyl (C=O) groups is 2. The second kappa shape index (κ2) is 9.01. The van der Waals surface area contributed by atoms with Gasteiger partial charge in [0.15, 0.2) is 5.78 Å². The summed E-state index contributed by atoms with van der Waals surface area (Å²) in [7, 11) is 1.63. The molecule has 1 aliphatic heterocycles. The molecule has 4 rings (SSSR count). The third kappa shape index (κ3) is 4.58. The molecule has 1 aliphatic carbocycles. The van der Waals surface area contributed by atoms with Crippen molar-refractivity contribution in [1.29, 1.82) is 0 Å². The van der Waals surface area contributed by atoms with Gasteiger partial charge in [-0.2, -0.15) is 0 Å². The molecule has 0 radical (unpaired) electrons. The maximum Gasteiger partial charge on any atom is 0.337 e. The average Bonchev–Trinajstić information content (AvgIpc) is 2.76. The molecule has 0 saturated heterocycles. The van der Waals surface area contributed by atoms with Gasteiger partial charge in [0.2, 0.25) is 0 Å². The van der Waals surface area contributed by atoms with Crippen LogP contribution in [0.3, 0.4) is 0 Å². The quantitative estimate of drug-likeness (QED) is 0.616. The van der Waals surface area contributed by atoms with Crippen molar-refractivity contribution in [2.75, 3.05) is 7.11 Å². The van der Waals surface area contributed by atoms with E-state index in [1.165, 1.54) is 0 Å². The molecule has 2 atom stereocenters. The molecule has 0 bridgehead atoms. The van der Waals surface area contributed by atoms with Gasteiger partial charge in [-0.15, -0.1) is 0 Å². The lowest BCUT2D eigenvalue weighted by Gasteiger charge is -2.37. The van der Waals surface area contributed by atoms with Gasteiger partial charge in [-0.3, -0.25) is 4.79 Å². The van der Waals surface area contributed by atoms with Crippen molar-refractivity contribution in [2.24, 2.45) is 0 Å². The van der Waals surface area contributed by atoms with Crippen molar-refractivity contribution in [3.8, 4) is 11.5 Å². The summed E-state index contributed by atoms with van der Waals surface area (Å²) >= 11 is 0. The van der Waals surface area contributed by atoms with Crippen LogP contribution in [-0.2, 0) is 14.3 Å². The highest BCUT2D eigenvalue weighted by atomic mass is 16.6. The summed E-state index contributed by atoms with van der Waals surface area (Å²) < 4.78 is 11.3. The lowest BCUT2D eigenvalue weighted by atomic mass is 9.71. The third-order valence-electron chi connectivity index (χ3n) is 6.23. The van der Waals surface area contributed by atoms with Crippen LogP contribution in [0.1, 0.15) is 63.5 Å². The number of ketones is 1. The second-order valence-corrected chi connectivity index (χ2v) is 9.86. The number of allylic oxidation sites excluding steroid dienone is 3. The van der Waals surface area contributed by atoms with Crippen LogP contribution in [0.15, 0.2) is 71.1 Å². The number of para-hydroxylation sites is 1. The fourth-order valence-electron chi connectivity index (χ4n) is 4.90. The van der Waals surface area contributed by atoms with E-state index < -0.39 is 17.5 Å². The molecule has 2 aromatic rings. The van der Waals surface area contributed by atoms with E-state index in [-0.39, 0.29) is 17.5 Å². The number of dihydropyridines is 1. The first kappa shape index (κ1) is 23.6. The van der Waals surface area contributed by atoms with Gasteiger partial charge in [-0.1, -0.05) is 30.3 Å². The van der Waals surface area contributed by atoms with Crippen LogP contribution >= 0.6 is 0 Å². The largest absolute Gasteiger partial charge is 0.508 e. The Kier molecular flexibility index (Phi) is 6.26. The molecule has 0 aromatic heterocycles. The van der Waals surface area contributed by atoms with Crippen LogP contribution in [-0.4, -0.2) is 29.6 Å². The zero-order valence-electron chi connectivity index (χ0n) is 20.3. The van der Waals surface area contributed by atoms with Gasteiger partial charge in [0.1, 0.15) is 17.1 Å². The monoisotopic (exact) mass is 461 g/mol. The fraction of sp³-hybridized carbons (Fsp3) is 0.357. The zero-order valence-corrected chi connectivity index (χ0v) is 20.3. The first-order valence-corrected chi connectivity index (χ1v) is 11.5. The molecule has 0 unspecified atom stereocenters. The molecular weight excluding hydrogens is 430 g/mol. The summed E-state index contributed by atoms with van der Waals surface area (Å²) in [6.45, 7) is 7.27. The summed E-state index contributed by atoms with van der Waals surface area (Å²) in [4.78, 5) is 27.0. The summed E-state index contributed by atoms with van der Waals surface area (Å²) in [6, 6.07) is 14.5. The lowest BCUT2D eigenvalue weighted by Crippen LogP contribution is -2.37. The highest BCUT2D eigenvalue weighted by Gasteiger charge is 2.42. The molecular formula is C28H31NO5. The van der Waals surface area contributed by atoms with E-state index in [4.69, 9.17) is 9.47 Å². The topological polar surface area (TPSA) is 84.9 Å². The molecule has 34 heavy (non-hydrogen) atoms. The number of Topliss-reactive ketones (excluding diaryl/α,β-unsaturated/α-hetero) is 1. The van der Waals surface area contributed by atoms with Crippen LogP contribution < -0.4 is 10.1 Å². The summed E-state index contributed by atoms with van der Waals surface area (Å²) in [5.74, 6) is -0.343. The van der Waals surface area contributed by atoms with Crippen LogP contribution in [0, 0.1) is 0 Å². The van der Waals surface area contributed by atoms with Crippen molar-refractivity contribution in [2.45, 2.75) is 58.0 Å². The molecule has 0 amide bonds. The highest BCUT2D eigenvalue weighted by Crippen LogP contribution is 2.47. The van der Waals surface area contributed by atoms with E-state index in [1.807, 2.05) is 58.0 Å². The number of ether oxygens (including phenoxy) is 2. The van der Waals surface area contributed by atoms with Gasteiger partial charge in [-0.05, 0) is 63.4 Å². The Balaban J connectivity index is 1.81. The summed E-state index contributed by atoms with van der Waals surface area (Å²) in [5, 5.41) is 13.5. The minimum absolute atomic E-state index is 0.0356. The summed E-state index contributed by atoms with van der Waals surface area (Å²) in [6.07, 6.45) is 0.909. The molecule has 0 saturated carbocycles. The molecule has 6 nitrogen and oxygen atoms in total. The van der Waals surface area contributed by atoms with E-state index in [0.717, 1.165) is 17.0 Å². The molecule has 178 valence electrons. The van der Waals surface area contributed by atoms with Gasteiger partial charge in [0.25, 0.3) is 0 Å². The first-order chi connectivity index (χ1) is 16.1. The Morgan fingerprint density at radius 1 is 1.09 bits per heavy atom. The average molecular weight is 462 g/mol. The Hall–Kier alpha value is -3.54. The SMILES string of the molecule is COc1ccccc1[C@H]1CC(=O)C2=C(C1)NC(C)=C(C(=O)OC(C)(C)C)[C@H]2c1cccc(O)c1. The van der Waals surface area contributed by atoms with Crippen LogP contribution in [0.5, 0.6) is 11.5 Å². The van der Waals surface area contributed by atoms with E-state index >= 15 is 0 Å². The number of hydrogen-bond donors (Lipinski definition) is 2. The second-order valence-electron chi connectivity index (χ2n) is 9.86. The summed E-state index contributed by atoms with van der Waals surface area (Å²) in [5.41, 5.74) is 3.37. The standard InChI is InChI=1S/C28H31NO5/c1-16-24(27(32)34-28(2,3)4)25(17-9-8-10-19(30)13-17)26-21(29-16)14-18(15-22(26)31)20-11-6-7-12-23(20)33-5/h6-13,18,25,29-30H,14-15H2,1-5H3/t18-,25-/m1/s1. The Bertz CT molecular complexity index is 1200. The van der Waals surface area contributed by atoms with Crippen LogP contribution in [0.2, 0.25) is 0 Å². The molecule has 1 heterocycles. The Morgan fingerprint density at radius 3 is 2.50 bits per heavy atom. The van der Waals surface area contributed by atoms with Gasteiger partial charge < -0.3 is 19.9 Å². The van der Waals surface area contributed by atoms with Gasteiger partial charge >= 0.3 is 5.97 Å². The Morgan fingerprint density at radius 2 is 1.82 bits per heavy atom. The third-order valence-corrected chi connectivity index (χ3v) is 6.23. The maximum absolute atomic E-state index is 13.7. The Labute approximate surface area is 200 Å². The number of phenolic OH excluding ortho intramolecular Hbond substituents is 1. The number of benzene rings is 2. The predicted octanol–water partition coefficient (Wildman–Crippen LogP) is 5.10. The lowest BCUT2D eigenvalue weighted by molar-refractivity contribution is -0.150. The maximum atomic E-state index is 13.7. The predicted molar refractivity (Wildman–Crippen MR) is 130 cm³/mol. The molecule has 0 fully saturated rings. The number of hydrogen-bond acceptors (Lipinski definition) is 6. The minimum atomic E-state index is -0.687. The van der Waals surface area contributed by atoms with Gasteiger partial charge in [0.05, 0.1) is 12.7 Å². The number of methoxy groups -OCH3 is 1. The van der Waals surface area contributed by atoms with Crippen LogP contribution in [0.4, 0.5) is 0 Å². The smallest absolute Gasteiger partial charge is 0.337 e. The van der Waals surface area contributed by atoms with Crippen molar-refractivity contribution in [3.63, 3.8) is 0 Å². The number of carbonyl (C=O) groups excluding carboxylic acids is 2. The van der Waals surface area contributed by atoms with Crippen molar-refractivity contribution < 1.29 is 24.2 Å². The minimum Gasteiger partial charge on any atom is -0.508 e. The number of phenols is 1. The van der Waals surface area contributed by atoms with E-state index in [2.05, 4.69) is 5.32 Å². The normalized spacial score (nSPS) is 20.6. The first-order valence-electron chi connectivity index (χ1n) is 11.5. The number of rotatable bonds is 4. The van der Waals surface area contributed by atoms with Crippen molar-refractivity contribution in [3.05, 3.63) is 82.2 Å². The number of esters is 1. The molecule has 6 heteroatoms. The van der Waals surface area contributed by atoms with Crippen LogP contribution in [0.25, 0.3) is 0 Å². The zero-order chi connectivity index (χ0) is 24.6. The number of aromatic hydroxyl groups is 1. The molecule has 2 N–H and O–H groups in total. The van der Waals surface area contributed by atoms with Gasteiger partial charge in [-0.25, -0.2) is 4.79 Å². The molecule has 2 aliphatic rings. The van der Waals surface area contributed by atoms with Crippen molar-refractivity contribution in [1.82, 2.24) is 5.32 Å². The molecule has 0 spiro atoms.